The minimum absolute atomic E-state index is 0.0970. The van der Waals surface area contributed by atoms with E-state index in [2.05, 4.69) is 15.2 Å². The average Bonchev–Trinajstić information content (AvgIpc) is 3.34. The number of benzene rings is 1. The van der Waals surface area contributed by atoms with E-state index in [0.717, 1.165) is 30.0 Å². The molecule has 0 atom stereocenters. The van der Waals surface area contributed by atoms with Crippen molar-refractivity contribution >= 4 is 21.9 Å². The van der Waals surface area contributed by atoms with Gasteiger partial charge in [-0.1, -0.05) is 12.1 Å². The number of hydrogen-bond acceptors (Lipinski definition) is 6. The van der Waals surface area contributed by atoms with E-state index in [9.17, 15) is 18.3 Å². The number of aryl methyl sites for hydroxylation is 1. The Bertz CT molecular complexity index is 1060. The molecule has 1 aromatic carbocycles. The zero-order valence-corrected chi connectivity index (χ0v) is 19.0. The van der Waals surface area contributed by atoms with Crippen molar-refractivity contribution in [3.63, 3.8) is 0 Å². The quantitative estimate of drug-likeness (QED) is 0.708. The molecule has 4 rings (SSSR count). The third-order valence-corrected chi connectivity index (χ3v) is 7.87. The number of anilines is 1. The summed E-state index contributed by atoms with van der Waals surface area (Å²) in [5.74, 6) is 0.703. The van der Waals surface area contributed by atoms with Crippen molar-refractivity contribution < 1.29 is 18.3 Å². The fourth-order valence-corrected chi connectivity index (χ4v) is 5.63. The SMILES string of the molecule is Cc1ccc(O)c(S(=O)(=O)N2CCN(C(=O)NCc3ccc(N4CCCC4)nc3)CC2)c1. The van der Waals surface area contributed by atoms with Crippen molar-refractivity contribution in [2.45, 2.75) is 31.2 Å². The third-order valence-electron chi connectivity index (χ3n) is 5.94. The smallest absolute Gasteiger partial charge is 0.317 e. The van der Waals surface area contributed by atoms with E-state index in [1.165, 1.54) is 29.3 Å². The highest BCUT2D eigenvalue weighted by Crippen LogP contribution is 2.27. The summed E-state index contributed by atoms with van der Waals surface area (Å²) in [5.41, 5.74) is 1.67. The minimum atomic E-state index is -3.82. The summed E-state index contributed by atoms with van der Waals surface area (Å²) in [6, 6.07) is 8.23. The van der Waals surface area contributed by atoms with Crippen molar-refractivity contribution in [2.24, 2.45) is 0 Å². The van der Waals surface area contributed by atoms with Crippen LogP contribution in [0.4, 0.5) is 10.6 Å². The van der Waals surface area contributed by atoms with Crippen LogP contribution in [0.25, 0.3) is 0 Å². The Balaban J connectivity index is 1.29. The van der Waals surface area contributed by atoms with Gasteiger partial charge in [-0.3, -0.25) is 0 Å². The van der Waals surface area contributed by atoms with Gasteiger partial charge in [-0.2, -0.15) is 4.31 Å². The largest absolute Gasteiger partial charge is 0.507 e. The van der Waals surface area contributed by atoms with E-state index in [0.29, 0.717) is 6.54 Å². The fourth-order valence-electron chi connectivity index (χ4n) is 4.04. The molecule has 2 aliphatic heterocycles. The summed E-state index contributed by atoms with van der Waals surface area (Å²) in [6.45, 7) is 5.12. The topological polar surface area (TPSA) is 106 Å². The molecule has 2 fully saturated rings. The number of amides is 2. The molecule has 2 aromatic rings. The summed E-state index contributed by atoms with van der Waals surface area (Å²) in [4.78, 5) is 20.8. The number of urea groups is 1. The molecule has 0 radical (unpaired) electrons. The Morgan fingerprint density at radius 2 is 1.78 bits per heavy atom. The number of sulfonamides is 1. The molecule has 0 unspecified atom stereocenters. The highest BCUT2D eigenvalue weighted by atomic mass is 32.2. The van der Waals surface area contributed by atoms with Crippen molar-refractivity contribution in [1.82, 2.24) is 19.5 Å². The van der Waals surface area contributed by atoms with Crippen LogP contribution in [0.1, 0.15) is 24.0 Å². The standard InChI is InChI=1S/C22H29N5O4S/c1-17-4-6-19(28)20(14-17)32(30,31)27-12-10-26(11-13-27)22(29)24-16-18-5-7-21(23-15-18)25-8-2-3-9-25/h4-7,14-15,28H,2-3,8-13,16H2,1H3,(H,24,29). The van der Waals surface area contributed by atoms with E-state index in [1.807, 2.05) is 12.1 Å². The van der Waals surface area contributed by atoms with Gasteiger partial charge in [0.15, 0.2) is 0 Å². The van der Waals surface area contributed by atoms with Gasteiger partial charge >= 0.3 is 6.03 Å². The van der Waals surface area contributed by atoms with Gasteiger partial charge in [0.25, 0.3) is 0 Å². The van der Waals surface area contributed by atoms with Crippen LogP contribution in [0.3, 0.4) is 0 Å². The molecule has 2 amide bonds. The Kier molecular flexibility index (Phi) is 6.52. The maximum Gasteiger partial charge on any atom is 0.317 e. The first-order valence-corrected chi connectivity index (χ1v) is 12.3. The molecular weight excluding hydrogens is 430 g/mol. The molecule has 2 N–H and O–H groups in total. The second-order valence-corrected chi connectivity index (χ2v) is 10.1. The first-order valence-electron chi connectivity index (χ1n) is 10.9. The lowest BCUT2D eigenvalue weighted by Crippen LogP contribution is -2.52. The maximum absolute atomic E-state index is 12.9. The van der Waals surface area contributed by atoms with E-state index >= 15 is 0 Å². The fraction of sp³-hybridized carbons (Fsp3) is 0.455. The number of nitrogens with one attached hydrogen (secondary N) is 1. The monoisotopic (exact) mass is 459 g/mol. The molecule has 172 valence electrons. The zero-order valence-electron chi connectivity index (χ0n) is 18.2. The van der Waals surface area contributed by atoms with Crippen LogP contribution >= 0.6 is 0 Å². The Morgan fingerprint density at radius 1 is 1.06 bits per heavy atom. The summed E-state index contributed by atoms with van der Waals surface area (Å²) in [5, 5.41) is 12.9. The summed E-state index contributed by atoms with van der Waals surface area (Å²) in [6.07, 6.45) is 4.17. The number of piperazine rings is 1. The molecule has 10 heteroatoms. The first kappa shape index (κ1) is 22.3. The van der Waals surface area contributed by atoms with E-state index < -0.39 is 10.0 Å². The predicted molar refractivity (Wildman–Crippen MR) is 121 cm³/mol. The van der Waals surface area contributed by atoms with Gasteiger partial charge in [-0.15, -0.1) is 0 Å². The van der Waals surface area contributed by atoms with Gasteiger partial charge in [-0.25, -0.2) is 18.2 Å². The molecule has 3 heterocycles. The highest BCUT2D eigenvalue weighted by molar-refractivity contribution is 7.89. The second kappa shape index (κ2) is 9.33. The van der Waals surface area contributed by atoms with E-state index in [4.69, 9.17) is 0 Å². The number of nitrogens with zero attached hydrogens (tertiary/aromatic N) is 4. The van der Waals surface area contributed by atoms with E-state index in [1.54, 1.807) is 24.1 Å². The predicted octanol–water partition coefficient (Wildman–Crippen LogP) is 1.91. The average molecular weight is 460 g/mol. The number of carbonyl (C=O) groups is 1. The Morgan fingerprint density at radius 3 is 2.44 bits per heavy atom. The van der Waals surface area contributed by atoms with Crippen LogP contribution in [0.2, 0.25) is 0 Å². The maximum atomic E-state index is 12.9. The Hall–Kier alpha value is -2.85. The Labute approximate surface area is 188 Å². The number of hydrogen-bond donors (Lipinski definition) is 2. The molecule has 32 heavy (non-hydrogen) atoms. The number of aromatic nitrogens is 1. The van der Waals surface area contributed by atoms with Crippen LogP contribution in [0.5, 0.6) is 5.75 Å². The molecule has 0 aliphatic carbocycles. The summed E-state index contributed by atoms with van der Waals surface area (Å²) >= 11 is 0. The second-order valence-electron chi connectivity index (χ2n) is 8.24. The molecule has 0 bridgehead atoms. The zero-order chi connectivity index (χ0) is 22.7. The summed E-state index contributed by atoms with van der Waals surface area (Å²) < 4.78 is 27.1. The molecule has 2 saturated heterocycles. The van der Waals surface area contributed by atoms with Crippen LogP contribution < -0.4 is 10.2 Å². The van der Waals surface area contributed by atoms with Crippen molar-refractivity contribution in [2.75, 3.05) is 44.2 Å². The molecular formula is C22H29N5O4S. The minimum Gasteiger partial charge on any atom is -0.507 e. The van der Waals surface area contributed by atoms with Gasteiger partial charge in [-0.05, 0) is 49.1 Å². The number of pyridine rings is 1. The van der Waals surface area contributed by atoms with Gasteiger partial charge in [0, 0.05) is 52.0 Å². The van der Waals surface area contributed by atoms with Crippen LogP contribution in [-0.2, 0) is 16.6 Å². The van der Waals surface area contributed by atoms with Crippen molar-refractivity contribution in [3.05, 3.63) is 47.7 Å². The van der Waals surface area contributed by atoms with Gasteiger partial charge in [0.1, 0.15) is 16.5 Å². The first-order chi connectivity index (χ1) is 15.3. The van der Waals surface area contributed by atoms with Crippen LogP contribution in [0.15, 0.2) is 41.4 Å². The van der Waals surface area contributed by atoms with E-state index in [-0.39, 0.29) is 42.9 Å². The van der Waals surface area contributed by atoms with Gasteiger partial charge in [0.05, 0.1) is 0 Å². The third kappa shape index (κ3) is 4.81. The van der Waals surface area contributed by atoms with Crippen LogP contribution in [0, 0.1) is 6.92 Å². The lowest BCUT2D eigenvalue weighted by Gasteiger charge is -2.34. The van der Waals surface area contributed by atoms with Gasteiger partial charge < -0.3 is 20.2 Å². The number of aromatic hydroxyl groups is 1. The van der Waals surface area contributed by atoms with Crippen molar-refractivity contribution in [3.8, 4) is 5.75 Å². The van der Waals surface area contributed by atoms with Gasteiger partial charge in [0.2, 0.25) is 10.0 Å². The number of phenolic OH excluding ortho intramolecular Hbond substituents is 1. The number of rotatable bonds is 5. The number of phenols is 1. The van der Waals surface area contributed by atoms with Crippen LogP contribution in [-0.4, -0.2) is 73.0 Å². The molecule has 2 aliphatic rings. The molecule has 9 nitrogen and oxygen atoms in total. The molecule has 1 aromatic heterocycles. The van der Waals surface area contributed by atoms with Crippen molar-refractivity contribution in [1.29, 1.82) is 0 Å². The summed E-state index contributed by atoms with van der Waals surface area (Å²) in [7, 11) is -3.82. The molecule has 0 spiro atoms. The lowest BCUT2D eigenvalue weighted by atomic mass is 10.2. The highest BCUT2D eigenvalue weighted by Gasteiger charge is 2.31. The molecule has 0 saturated carbocycles. The lowest BCUT2D eigenvalue weighted by molar-refractivity contribution is 0.172. The number of carbonyl (C=O) groups excluding carboxylic acids is 1. The normalized spacial score (nSPS) is 17.5.